The van der Waals surface area contributed by atoms with E-state index in [1.807, 2.05) is 33.8 Å². The minimum absolute atomic E-state index is 0.0827. The molecular formula is C15H19N5O2. The van der Waals surface area contributed by atoms with Crippen LogP contribution in [-0.4, -0.2) is 37.3 Å². The van der Waals surface area contributed by atoms with Crippen molar-refractivity contribution in [3.05, 3.63) is 29.2 Å². The molecule has 7 heteroatoms. The molecule has 2 atom stereocenters. The molecule has 0 radical (unpaired) electrons. The van der Waals surface area contributed by atoms with Crippen molar-refractivity contribution in [3.8, 4) is 5.82 Å². The van der Waals surface area contributed by atoms with E-state index >= 15 is 0 Å². The van der Waals surface area contributed by atoms with Gasteiger partial charge in [-0.3, -0.25) is 4.79 Å². The predicted octanol–water partition coefficient (Wildman–Crippen LogP) is 1.65. The van der Waals surface area contributed by atoms with Gasteiger partial charge in [-0.15, -0.1) is 5.10 Å². The number of aryl methyl sites for hydroxylation is 3. The second kappa shape index (κ2) is 5.47. The zero-order valence-electron chi connectivity index (χ0n) is 13.2. The molecule has 1 fully saturated rings. The van der Waals surface area contributed by atoms with Gasteiger partial charge in [0.25, 0.3) is 0 Å². The van der Waals surface area contributed by atoms with E-state index in [0.29, 0.717) is 24.1 Å². The first-order valence-corrected chi connectivity index (χ1v) is 7.42. The third-order valence-corrected chi connectivity index (χ3v) is 3.70. The van der Waals surface area contributed by atoms with E-state index in [-0.39, 0.29) is 17.8 Å². The molecular weight excluding hydrogens is 282 g/mol. The normalized spacial score (nSPS) is 20.0. The number of carbonyl (C=O) groups excluding carboxylic acids is 1. The van der Waals surface area contributed by atoms with Gasteiger partial charge >= 0.3 is 5.97 Å². The smallest absolute Gasteiger partial charge is 0.309 e. The van der Waals surface area contributed by atoms with E-state index in [2.05, 4.69) is 20.1 Å². The maximum atomic E-state index is 11.8. The maximum absolute atomic E-state index is 11.8. The van der Waals surface area contributed by atoms with Crippen LogP contribution in [-0.2, 0) is 9.53 Å². The van der Waals surface area contributed by atoms with E-state index in [4.69, 9.17) is 4.74 Å². The quantitative estimate of drug-likeness (QED) is 0.799. The fourth-order valence-corrected chi connectivity index (χ4v) is 2.64. The Morgan fingerprint density at radius 2 is 2.05 bits per heavy atom. The maximum Gasteiger partial charge on any atom is 0.309 e. The molecule has 2 heterocycles. The third-order valence-electron chi connectivity index (χ3n) is 3.70. The van der Waals surface area contributed by atoms with Gasteiger partial charge in [0.1, 0.15) is 17.5 Å². The first kappa shape index (κ1) is 14.6. The highest BCUT2D eigenvalue weighted by Gasteiger charge is 2.46. The summed E-state index contributed by atoms with van der Waals surface area (Å²) < 4.78 is 6.78. The van der Waals surface area contributed by atoms with Gasteiger partial charge in [-0.25, -0.2) is 15.0 Å². The highest BCUT2D eigenvalue weighted by atomic mass is 16.5. The molecule has 0 aliphatic heterocycles. The fourth-order valence-electron chi connectivity index (χ4n) is 2.64. The van der Waals surface area contributed by atoms with Gasteiger partial charge in [-0.05, 0) is 34.1 Å². The zero-order valence-corrected chi connectivity index (χ0v) is 13.2. The molecule has 0 spiro atoms. The van der Waals surface area contributed by atoms with Crippen LogP contribution in [0.5, 0.6) is 0 Å². The van der Waals surface area contributed by atoms with Crippen molar-refractivity contribution in [2.24, 2.45) is 5.92 Å². The summed E-state index contributed by atoms with van der Waals surface area (Å²) in [7, 11) is 0. The second-order valence-electron chi connectivity index (χ2n) is 5.52. The summed E-state index contributed by atoms with van der Waals surface area (Å²) in [6.45, 7) is 7.80. The van der Waals surface area contributed by atoms with Crippen LogP contribution in [0.15, 0.2) is 6.07 Å². The zero-order chi connectivity index (χ0) is 15.9. The summed E-state index contributed by atoms with van der Waals surface area (Å²) in [6, 6.07) is 1.89. The van der Waals surface area contributed by atoms with Gasteiger partial charge in [0.2, 0.25) is 0 Å². The standard InChI is InChI=1S/C15H19N5O2/c1-5-22-15(21)12-6-11(12)13-7-14(18-8(2)17-13)20-10(4)16-9(3)19-20/h7,11-12H,5-6H2,1-4H3/t11?,12-/m1/s1. The number of hydrogen-bond donors (Lipinski definition) is 0. The molecule has 2 aromatic heterocycles. The first-order chi connectivity index (χ1) is 10.5. The molecule has 3 rings (SSSR count). The van der Waals surface area contributed by atoms with Crippen molar-refractivity contribution in [2.45, 2.75) is 40.0 Å². The Hall–Kier alpha value is -2.31. The monoisotopic (exact) mass is 301 g/mol. The molecule has 116 valence electrons. The van der Waals surface area contributed by atoms with Gasteiger partial charge < -0.3 is 4.74 Å². The topological polar surface area (TPSA) is 82.8 Å². The van der Waals surface area contributed by atoms with Gasteiger partial charge in [0.05, 0.1) is 18.2 Å². The Bertz CT molecular complexity index is 725. The molecule has 1 unspecified atom stereocenters. The number of rotatable bonds is 4. The number of nitrogens with zero attached hydrogens (tertiary/aromatic N) is 5. The lowest BCUT2D eigenvalue weighted by Gasteiger charge is -2.07. The Balaban J connectivity index is 1.89. The van der Waals surface area contributed by atoms with E-state index in [1.54, 1.807) is 4.68 Å². The molecule has 2 aromatic rings. The summed E-state index contributed by atoms with van der Waals surface area (Å²) in [4.78, 5) is 25.0. The van der Waals surface area contributed by atoms with Crippen LogP contribution in [0.3, 0.4) is 0 Å². The Morgan fingerprint density at radius 1 is 1.27 bits per heavy atom. The summed E-state index contributed by atoms with van der Waals surface area (Å²) in [5.41, 5.74) is 0.869. The van der Waals surface area contributed by atoms with E-state index in [1.165, 1.54) is 0 Å². The van der Waals surface area contributed by atoms with Crippen molar-refractivity contribution in [1.82, 2.24) is 24.7 Å². The summed E-state index contributed by atoms with van der Waals surface area (Å²) in [6.07, 6.45) is 0.782. The van der Waals surface area contributed by atoms with Crippen molar-refractivity contribution in [1.29, 1.82) is 0 Å². The van der Waals surface area contributed by atoms with E-state index in [0.717, 1.165) is 17.9 Å². The molecule has 1 aliphatic carbocycles. The predicted molar refractivity (Wildman–Crippen MR) is 78.6 cm³/mol. The Kier molecular flexibility index (Phi) is 3.64. The molecule has 0 bridgehead atoms. The number of aromatic nitrogens is 5. The minimum Gasteiger partial charge on any atom is -0.466 e. The first-order valence-electron chi connectivity index (χ1n) is 7.42. The lowest BCUT2D eigenvalue weighted by Crippen LogP contribution is -2.09. The van der Waals surface area contributed by atoms with Gasteiger partial charge in [-0.2, -0.15) is 4.68 Å². The van der Waals surface area contributed by atoms with Crippen molar-refractivity contribution in [2.75, 3.05) is 6.61 Å². The van der Waals surface area contributed by atoms with Crippen molar-refractivity contribution < 1.29 is 9.53 Å². The van der Waals surface area contributed by atoms with Crippen LogP contribution in [0.1, 0.15) is 42.4 Å². The summed E-state index contributed by atoms with van der Waals surface area (Å²) in [5.74, 6) is 2.72. The minimum atomic E-state index is -0.141. The highest BCUT2D eigenvalue weighted by molar-refractivity contribution is 5.77. The van der Waals surface area contributed by atoms with Gasteiger partial charge in [-0.1, -0.05) is 0 Å². The van der Waals surface area contributed by atoms with Crippen molar-refractivity contribution >= 4 is 5.97 Å². The summed E-state index contributed by atoms with van der Waals surface area (Å²) >= 11 is 0. The van der Waals surface area contributed by atoms with Gasteiger partial charge in [0.15, 0.2) is 5.82 Å². The number of carbonyl (C=O) groups is 1. The molecule has 0 amide bonds. The molecule has 22 heavy (non-hydrogen) atoms. The molecule has 1 saturated carbocycles. The molecule has 0 N–H and O–H groups in total. The van der Waals surface area contributed by atoms with Crippen LogP contribution in [0.2, 0.25) is 0 Å². The van der Waals surface area contributed by atoms with Crippen LogP contribution >= 0.6 is 0 Å². The van der Waals surface area contributed by atoms with E-state index < -0.39 is 0 Å². The second-order valence-corrected chi connectivity index (χ2v) is 5.52. The Labute approximate surface area is 128 Å². The molecule has 0 aromatic carbocycles. The molecule has 1 aliphatic rings. The Morgan fingerprint density at radius 3 is 2.68 bits per heavy atom. The van der Waals surface area contributed by atoms with Crippen LogP contribution in [0.25, 0.3) is 5.82 Å². The fraction of sp³-hybridized carbons (Fsp3) is 0.533. The lowest BCUT2D eigenvalue weighted by atomic mass is 10.2. The average molecular weight is 301 g/mol. The summed E-state index contributed by atoms with van der Waals surface area (Å²) in [5, 5.41) is 4.35. The largest absolute Gasteiger partial charge is 0.466 e. The average Bonchev–Trinajstić information content (AvgIpc) is 3.18. The van der Waals surface area contributed by atoms with Crippen LogP contribution < -0.4 is 0 Å². The van der Waals surface area contributed by atoms with Gasteiger partial charge in [0, 0.05) is 12.0 Å². The van der Waals surface area contributed by atoms with Crippen LogP contribution in [0.4, 0.5) is 0 Å². The number of ether oxygens (including phenoxy) is 1. The highest BCUT2D eigenvalue weighted by Crippen LogP contribution is 2.47. The number of hydrogen-bond acceptors (Lipinski definition) is 6. The SMILES string of the molecule is CCOC(=O)[C@@H]1CC1c1cc(-n2nc(C)nc2C)nc(C)n1. The molecule has 0 saturated heterocycles. The van der Waals surface area contributed by atoms with Crippen molar-refractivity contribution in [3.63, 3.8) is 0 Å². The number of esters is 1. The van der Waals surface area contributed by atoms with E-state index in [9.17, 15) is 4.79 Å². The van der Waals surface area contributed by atoms with Crippen LogP contribution in [0, 0.1) is 26.7 Å². The third kappa shape index (κ3) is 2.70. The lowest BCUT2D eigenvalue weighted by molar-refractivity contribution is -0.144. The molecule has 7 nitrogen and oxygen atoms in total.